The van der Waals surface area contributed by atoms with Gasteiger partial charge in [-0.2, -0.15) is 9.67 Å². The molecule has 0 spiro atoms. The number of benzene rings is 2. The van der Waals surface area contributed by atoms with Crippen molar-refractivity contribution in [1.82, 2.24) is 19.7 Å². The van der Waals surface area contributed by atoms with E-state index in [4.69, 9.17) is 4.74 Å². The molecule has 4 aromatic rings. The van der Waals surface area contributed by atoms with E-state index in [9.17, 15) is 4.79 Å². The Labute approximate surface area is 174 Å². The molecular weight excluding hydrogens is 378 g/mol. The fourth-order valence-corrected chi connectivity index (χ4v) is 2.95. The van der Waals surface area contributed by atoms with Gasteiger partial charge in [0.25, 0.3) is 5.91 Å². The van der Waals surface area contributed by atoms with Gasteiger partial charge in [-0.05, 0) is 42.8 Å². The number of hydrogen-bond acceptors (Lipinski definition) is 6. The first-order chi connectivity index (χ1) is 14.6. The average molecular weight is 399 g/mol. The van der Waals surface area contributed by atoms with E-state index in [1.807, 2.05) is 37.3 Å². The van der Waals surface area contributed by atoms with Gasteiger partial charge in [0, 0.05) is 30.1 Å². The number of carbonyl (C=O) groups excluding carboxylic acids is 1. The van der Waals surface area contributed by atoms with Gasteiger partial charge < -0.3 is 10.1 Å². The summed E-state index contributed by atoms with van der Waals surface area (Å²) in [6.45, 7) is 2.55. The van der Waals surface area contributed by atoms with Gasteiger partial charge in [-0.25, -0.2) is 0 Å². The molecule has 30 heavy (non-hydrogen) atoms. The first-order valence-electron chi connectivity index (χ1n) is 9.49. The van der Waals surface area contributed by atoms with Crippen molar-refractivity contribution in [3.8, 4) is 17.1 Å². The van der Waals surface area contributed by atoms with E-state index in [0.29, 0.717) is 29.6 Å². The van der Waals surface area contributed by atoms with Crippen molar-refractivity contribution in [3.63, 3.8) is 0 Å². The molecule has 0 aliphatic heterocycles. The van der Waals surface area contributed by atoms with Crippen molar-refractivity contribution >= 4 is 11.9 Å². The number of aromatic nitrogens is 4. The molecule has 0 unspecified atom stereocenters. The van der Waals surface area contributed by atoms with E-state index in [1.165, 1.54) is 10.2 Å². The second-order valence-corrected chi connectivity index (χ2v) is 6.79. The predicted molar refractivity (Wildman–Crippen MR) is 114 cm³/mol. The summed E-state index contributed by atoms with van der Waals surface area (Å²) in [6, 6.07) is 18.8. The van der Waals surface area contributed by atoms with Crippen LogP contribution in [-0.2, 0) is 6.54 Å². The molecule has 0 amide bonds. The van der Waals surface area contributed by atoms with Crippen molar-refractivity contribution in [2.45, 2.75) is 13.5 Å². The highest BCUT2D eigenvalue weighted by Gasteiger charge is 2.19. The van der Waals surface area contributed by atoms with Crippen LogP contribution in [0.5, 0.6) is 5.75 Å². The van der Waals surface area contributed by atoms with Crippen LogP contribution in [0.2, 0.25) is 0 Å². The number of anilines is 1. The Bertz CT molecular complexity index is 1150. The zero-order chi connectivity index (χ0) is 20.9. The summed E-state index contributed by atoms with van der Waals surface area (Å²) >= 11 is 0. The molecule has 4 rings (SSSR count). The smallest absolute Gasteiger partial charge is 0.281 e. The van der Waals surface area contributed by atoms with Crippen LogP contribution in [0.15, 0.2) is 73.1 Å². The Kier molecular flexibility index (Phi) is 5.52. The average Bonchev–Trinajstić information content (AvgIpc) is 3.23. The Morgan fingerprint density at radius 2 is 1.93 bits per heavy atom. The molecule has 0 aliphatic rings. The molecule has 150 valence electrons. The summed E-state index contributed by atoms with van der Waals surface area (Å²) < 4.78 is 6.52. The summed E-state index contributed by atoms with van der Waals surface area (Å²) in [5.41, 5.74) is 3.45. The van der Waals surface area contributed by atoms with Gasteiger partial charge >= 0.3 is 0 Å². The number of nitrogens with zero attached hydrogens (tertiary/aromatic N) is 4. The number of nitrogens with one attached hydrogen (secondary N) is 1. The molecule has 0 bridgehead atoms. The molecule has 0 atom stereocenters. The SMILES string of the molecule is COc1cccc(C(=O)n2nc(-c3cccnc3)nc2NCc2ccc(C)cc2)c1. The minimum atomic E-state index is -0.303. The number of methoxy groups -OCH3 is 1. The summed E-state index contributed by atoms with van der Waals surface area (Å²) in [4.78, 5) is 21.9. The summed E-state index contributed by atoms with van der Waals surface area (Å²) in [7, 11) is 1.56. The zero-order valence-corrected chi connectivity index (χ0v) is 16.7. The summed E-state index contributed by atoms with van der Waals surface area (Å²) in [6.07, 6.45) is 3.35. The maximum atomic E-state index is 13.2. The minimum absolute atomic E-state index is 0.303. The molecule has 0 aliphatic carbocycles. The van der Waals surface area contributed by atoms with E-state index in [2.05, 4.69) is 20.4 Å². The van der Waals surface area contributed by atoms with Crippen LogP contribution >= 0.6 is 0 Å². The van der Waals surface area contributed by atoms with Crippen molar-refractivity contribution < 1.29 is 9.53 Å². The van der Waals surface area contributed by atoms with Crippen molar-refractivity contribution in [2.24, 2.45) is 0 Å². The number of rotatable bonds is 6. The normalized spacial score (nSPS) is 10.6. The van der Waals surface area contributed by atoms with Gasteiger partial charge in [0.1, 0.15) is 5.75 Å². The minimum Gasteiger partial charge on any atom is -0.497 e. The van der Waals surface area contributed by atoms with Gasteiger partial charge in [-0.15, -0.1) is 5.10 Å². The standard InChI is InChI=1S/C23H21N5O2/c1-16-8-10-17(11-9-16)14-25-23-26-21(19-6-4-12-24-15-19)27-28(23)22(29)18-5-3-7-20(13-18)30-2/h3-13,15H,14H2,1-2H3,(H,25,26,27). The van der Waals surface area contributed by atoms with Crippen LogP contribution in [0.3, 0.4) is 0 Å². The topological polar surface area (TPSA) is 81.9 Å². The third-order valence-electron chi connectivity index (χ3n) is 4.61. The highest BCUT2D eigenvalue weighted by atomic mass is 16.5. The first kappa shape index (κ1) is 19.3. The van der Waals surface area contributed by atoms with Crippen LogP contribution in [-0.4, -0.2) is 32.8 Å². The Balaban J connectivity index is 1.68. The van der Waals surface area contributed by atoms with Gasteiger partial charge in [0.05, 0.1) is 7.11 Å². The van der Waals surface area contributed by atoms with E-state index < -0.39 is 0 Å². The lowest BCUT2D eigenvalue weighted by atomic mass is 10.1. The molecule has 0 saturated heterocycles. The Hall–Kier alpha value is -4.00. The lowest BCUT2D eigenvalue weighted by molar-refractivity contribution is 0.0947. The van der Waals surface area contributed by atoms with E-state index in [0.717, 1.165) is 11.1 Å². The molecule has 7 heteroatoms. The monoisotopic (exact) mass is 399 g/mol. The number of carbonyl (C=O) groups is 1. The summed E-state index contributed by atoms with van der Waals surface area (Å²) in [5.74, 6) is 1.08. The second-order valence-electron chi connectivity index (χ2n) is 6.79. The van der Waals surface area contributed by atoms with E-state index in [1.54, 1.807) is 49.8 Å². The lowest BCUT2D eigenvalue weighted by Gasteiger charge is -2.08. The van der Waals surface area contributed by atoms with Gasteiger partial charge in [0.15, 0.2) is 5.82 Å². The molecule has 2 heterocycles. The molecule has 2 aromatic carbocycles. The van der Waals surface area contributed by atoms with Crippen LogP contribution in [0.25, 0.3) is 11.4 Å². The highest BCUT2D eigenvalue weighted by molar-refractivity contribution is 5.97. The summed E-state index contributed by atoms with van der Waals surface area (Å²) in [5, 5.41) is 7.69. The Morgan fingerprint density at radius 3 is 2.67 bits per heavy atom. The number of aryl methyl sites for hydroxylation is 1. The number of hydrogen-bond donors (Lipinski definition) is 1. The Morgan fingerprint density at radius 1 is 1.10 bits per heavy atom. The molecule has 0 fully saturated rings. The highest BCUT2D eigenvalue weighted by Crippen LogP contribution is 2.20. The van der Waals surface area contributed by atoms with Gasteiger partial charge in [-0.1, -0.05) is 35.9 Å². The fourth-order valence-electron chi connectivity index (χ4n) is 2.95. The van der Waals surface area contributed by atoms with E-state index >= 15 is 0 Å². The van der Waals surface area contributed by atoms with Crippen molar-refractivity contribution in [3.05, 3.63) is 89.7 Å². The number of pyridine rings is 1. The second kappa shape index (κ2) is 8.57. The van der Waals surface area contributed by atoms with Gasteiger partial charge in [0.2, 0.25) is 5.95 Å². The predicted octanol–water partition coefficient (Wildman–Crippen LogP) is 3.96. The largest absolute Gasteiger partial charge is 0.497 e. The molecule has 0 saturated carbocycles. The van der Waals surface area contributed by atoms with Crippen LogP contribution in [0.1, 0.15) is 21.5 Å². The molecular formula is C23H21N5O2. The van der Waals surface area contributed by atoms with Crippen LogP contribution in [0, 0.1) is 6.92 Å². The molecule has 0 radical (unpaired) electrons. The fraction of sp³-hybridized carbons (Fsp3) is 0.130. The zero-order valence-electron chi connectivity index (χ0n) is 16.7. The van der Waals surface area contributed by atoms with Crippen molar-refractivity contribution in [1.29, 1.82) is 0 Å². The maximum Gasteiger partial charge on any atom is 0.281 e. The lowest BCUT2D eigenvalue weighted by Crippen LogP contribution is -2.17. The van der Waals surface area contributed by atoms with Crippen molar-refractivity contribution in [2.75, 3.05) is 12.4 Å². The van der Waals surface area contributed by atoms with E-state index in [-0.39, 0.29) is 5.91 Å². The first-order valence-corrected chi connectivity index (χ1v) is 9.49. The third-order valence-corrected chi connectivity index (χ3v) is 4.61. The molecule has 7 nitrogen and oxygen atoms in total. The maximum absolute atomic E-state index is 13.2. The molecule has 1 N–H and O–H groups in total. The number of ether oxygens (including phenoxy) is 1. The van der Waals surface area contributed by atoms with Crippen LogP contribution < -0.4 is 10.1 Å². The quantitative estimate of drug-likeness (QED) is 0.529. The third kappa shape index (κ3) is 4.20. The van der Waals surface area contributed by atoms with Gasteiger partial charge in [-0.3, -0.25) is 9.78 Å². The molecule has 2 aromatic heterocycles. The van der Waals surface area contributed by atoms with Crippen LogP contribution in [0.4, 0.5) is 5.95 Å².